The Bertz CT molecular complexity index is 913. The number of esters is 1. The van der Waals surface area contributed by atoms with E-state index in [0.717, 1.165) is 5.56 Å². The Balaban J connectivity index is 1.61. The van der Waals surface area contributed by atoms with E-state index in [0.29, 0.717) is 22.8 Å². The Hall–Kier alpha value is -2.86. The van der Waals surface area contributed by atoms with Crippen molar-refractivity contribution < 1.29 is 19.1 Å². The summed E-state index contributed by atoms with van der Waals surface area (Å²) in [5.74, 6) is -1.90. The number of hydrogen-bond donors (Lipinski definition) is 2. The van der Waals surface area contributed by atoms with Crippen molar-refractivity contribution in [3.05, 3.63) is 58.6 Å². The summed E-state index contributed by atoms with van der Waals surface area (Å²) < 4.78 is 4.71. The smallest absolute Gasteiger partial charge is 0.339 e. The van der Waals surface area contributed by atoms with Gasteiger partial charge in [-0.3, -0.25) is 9.59 Å². The first-order valence-electron chi connectivity index (χ1n) is 8.46. The lowest BCUT2D eigenvalue weighted by Gasteiger charge is -2.10. The lowest BCUT2D eigenvalue weighted by molar-refractivity contribution is -0.122. The van der Waals surface area contributed by atoms with Crippen LogP contribution in [0.25, 0.3) is 0 Å². The van der Waals surface area contributed by atoms with Crippen LogP contribution in [-0.4, -0.2) is 24.9 Å². The number of para-hydroxylation sites is 1. The average Bonchev–Trinajstić information content (AvgIpc) is 3.45. The van der Waals surface area contributed by atoms with Crippen LogP contribution in [0.2, 0.25) is 5.02 Å². The van der Waals surface area contributed by atoms with Gasteiger partial charge < -0.3 is 15.4 Å². The molecule has 0 radical (unpaired) electrons. The van der Waals surface area contributed by atoms with Gasteiger partial charge in [-0.1, -0.05) is 29.8 Å². The number of carbonyl (C=O) groups excluding carboxylic acids is 3. The summed E-state index contributed by atoms with van der Waals surface area (Å²) in [6, 6.07) is 11.8. The molecule has 1 saturated carbocycles. The number of anilines is 2. The van der Waals surface area contributed by atoms with Crippen molar-refractivity contribution >= 4 is 40.8 Å². The maximum Gasteiger partial charge on any atom is 0.339 e. The Kier molecular flexibility index (Phi) is 5.46. The van der Waals surface area contributed by atoms with Crippen LogP contribution in [0.3, 0.4) is 0 Å². The zero-order valence-electron chi connectivity index (χ0n) is 14.9. The van der Waals surface area contributed by atoms with Crippen molar-refractivity contribution in [2.75, 3.05) is 17.7 Å². The first-order chi connectivity index (χ1) is 12.9. The molecule has 1 aliphatic carbocycles. The summed E-state index contributed by atoms with van der Waals surface area (Å²) in [6.45, 7) is 1.88. The zero-order chi connectivity index (χ0) is 19.6. The van der Waals surface area contributed by atoms with Crippen LogP contribution < -0.4 is 10.6 Å². The number of hydrogen-bond acceptors (Lipinski definition) is 4. The van der Waals surface area contributed by atoms with E-state index in [1.165, 1.54) is 7.11 Å². The largest absolute Gasteiger partial charge is 0.465 e. The van der Waals surface area contributed by atoms with Gasteiger partial charge in [0.1, 0.15) is 0 Å². The number of carbonyl (C=O) groups is 3. The molecule has 1 aliphatic rings. The lowest BCUT2D eigenvalue weighted by Crippen LogP contribution is -2.21. The normalized spacial score (nSPS) is 17.7. The van der Waals surface area contributed by atoms with E-state index < -0.39 is 17.8 Å². The second kappa shape index (κ2) is 7.80. The predicted octanol–water partition coefficient (Wildman–Crippen LogP) is 3.65. The standard InChI is InChI=1S/C20H19ClN2O4/c1-11-7-8-12(9-16(11)21)22-18(24)14-10-15(14)19(25)23-17-6-4-3-5-13(17)20(26)27-2/h3-9,14-15H,10H2,1-2H3,(H,22,24)(H,23,25). The Morgan fingerprint density at radius 2 is 1.70 bits per heavy atom. The molecule has 6 nitrogen and oxygen atoms in total. The predicted molar refractivity (Wildman–Crippen MR) is 103 cm³/mol. The molecule has 2 amide bonds. The third-order valence-corrected chi connectivity index (χ3v) is 4.90. The Morgan fingerprint density at radius 1 is 1.04 bits per heavy atom. The molecule has 0 bridgehead atoms. The molecular weight excluding hydrogens is 368 g/mol. The summed E-state index contributed by atoms with van der Waals surface area (Å²) in [5, 5.41) is 6.06. The molecule has 7 heteroatoms. The lowest BCUT2D eigenvalue weighted by atomic mass is 10.1. The van der Waals surface area contributed by atoms with Gasteiger partial charge in [0.15, 0.2) is 0 Å². The highest BCUT2D eigenvalue weighted by atomic mass is 35.5. The van der Waals surface area contributed by atoms with E-state index in [9.17, 15) is 14.4 Å². The number of amides is 2. The monoisotopic (exact) mass is 386 g/mol. The summed E-state index contributed by atoms with van der Waals surface area (Å²) in [7, 11) is 1.28. The minimum Gasteiger partial charge on any atom is -0.465 e. The number of aryl methyl sites for hydroxylation is 1. The number of nitrogens with one attached hydrogen (secondary N) is 2. The molecule has 0 aliphatic heterocycles. The van der Waals surface area contributed by atoms with Gasteiger partial charge in [-0.05, 0) is 43.2 Å². The first-order valence-corrected chi connectivity index (χ1v) is 8.83. The van der Waals surface area contributed by atoms with Crippen LogP contribution in [-0.2, 0) is 14.3 Å². The van der Waals surface area contributed by atoms with Crippen molar-refractivity contribution in [1.82, 2.24) is 0 Å². The van der Waals surface area contributed by atoms with Crippen molar-refractivity contribution in [2.24, 2.45) is 11.8 Å². The maximum atomic E-state index is 12.4. The van der Waals surface area contributed by atoms with Gasteiger partial charge in [0, 0.05) is 10.7 Å². The highest BCUT2D eigenvalue weighted by molar-refractivity contribution is 6.31. The number of benzene rings is 2. The maximum absolute atomic E-state index is 12.4. The molecule has 0 spiro atoms. The fourth-order valence-electron chi connectivity index (χ4n) is 2.79. The highest BCUT2D eigenvalue weighted by Gasteiger charge is 2.48. The van der Waals surface area contributed by atoms with Crippen molar-refractivity contribution in [3.8, 4) is 0 Å². The van der Waals surface area contributed by atoms with Gasteiger partial charge >= 0.3 is 5.97 Å². The molecule has 0 heterocycles. The van der Waals surface area contributed by atoms with Gasteiger partial charge in [-0.15, -0.1) is 0 Å². The van der Waals surface area contributed by atoms with Crippen molar-refractivity contribution in [2.45, 2.75) is 13.3 Å². The molecule has 27 heavy (non-hydrogen) atoms. The van der Waals surface area contributed by atoms with Gasteiger partial charge in [0.2, 0.25) is 11.8 Å². The number of halogens is 1. The Labute approximate surface area is 161 Å². The minimum atomic E-state index is -0.535. The number of ether oxygens (including phenoxy) is 1. The van der Waals surface area contributed by atoms with E-state index in [-0.39, 0.29) is 17.4 Å². The SMILES string of the molecule is COC(=O)c1ccccc1NC(=O)C1CC1C(=O)Nc1ccc(C)c(Cl)c1. The molecule has 0 saturated heterocycles. The van der Waals surface area contributed by atoms with E-state index in [2.05, 4.69) is 10.6 Å². The van der Waals surface area contributed by atoms with E-state index in [4.69, 9.17) is 16.3 Å². The summed E-state index contributed by atoms with van der Waals surface area (Å²) in [4.78, 5) is 36.6. The molecule has 3 rings (SSSR count). The molecule has 2 aromatic carbocycles. The van der Waals surface area contributed by atoms with Gasteiger partial charge in [-0.25, -0.2) is 4.79 Å². The summed E-state index contributed by atoms with van der Waals surface area (Å²) in [5.41, 5.74) is 2.15. The van der Waals surface area contributed by atoms with Gasteiger partial charge in [-0.2, -0.15) is 0 Å². The van der Waals surface area contributed by atoms with Crippen molar-refractivity contribution in [1.29, 1.82) is 0 Å². The second-order valence-corrected chi connectivity index (χ2v) is 6.84. The van der Waals surface area contributed by atoms with E-state index in [1.807, 2.05) is 13.0 Å². The van der Waals surface area contributed by atoms with Gasteiger partial charge in [0.25, 0.3) is 0 Å². The molecule has 140 valence electrons. The molecule has 2 unspecified atom stereocenters. The van der Waals surface area contributed by atoms with E-state index in [1.54, 1.807) is 36.4 Å². The van der Waals surface area contributed by atoms with Crippen LogP contribution >= 0.6 is 11.6 Å². The Morgan fingerprint density at radius 3 is 2.37 bits per heavy atom. The fraction of sp³-hybridized carbons (Fsp3) is 0.250. The molecule has 2 aromatic rings. The van der Waals surface area contributed by atoms with Crippen LogP contribution in [0.4, 0.5) is 11.4 Å². The third-order valence-electron chi connectivity index (χ3n) is 4.49. The molecule has 2 N–H and O–H groups in total. The molecule has 2 atom stereocenters. The minimum absolute atomic E-state index is 0.226. The van der Waals surface area contributed by atoms with Crippen molar-refractivity contribution in [3.63, 3.8) is 0 Å². The second-order valence-electron chi connectivity index (χ2n) is 6.43. The summed E-state index contributed by atoms with van der Waals surface area (Å²) in [6.07, 6.45) is 0.456. The topological polar surface area (TPSA) is 84.5 Å². The molecule has 0 aromatic heterocycles. The van der Waals surface area contributed by atoms with Gasteiger partial charge in [0.05, 0.1) is 30.2 Å². The fourth-order valence-corrected chi connectivity index (χ4v) is 2.97. The molecule has 1 fully saturated rings. The third kappa shape index (κ3) is 4.28. The number of rotatable bonds is 5. The van der Waals surface area contributed by atoms with Crippen LogP contribution in [0.1, 0.15) is 22.3 Å². The van der Waals surface area contributed by atoms with E-state index >= 15 is 0 Å². The average molecular weight is 387 g/mol. The molecular formula is C20H19ClN2O4. The first kappa shape index (κ1) is 18.9. The zero-order valence-corrected chi connectivity index (χ0v) is 15.7. The van der Waals surface area contributed by atoms with Crippen LogP contribution in [0.15, 0.2) is 42.5 Å². The van der Waals surface area contributed by atoms with Crippen LogP contribution in [0, 0.1) is 18.8 Å². The number of methoxy groups -OCH3 is 1. The van der Waals surface area contributed by atoms with Crippen LogP contribution in [0.5, 0.6) is 0 Å². The highest BCUT2D eigenvalue weighted by Crippen LogP contribution is 2.40. The summed E-state index contributed by atoms with van der Waals surface area (Å²) >= 11 is 6.06. The quantitative estimate of drug-likeness (QED) is 0.768.